The van der Waals surface area contributed by atoms with Crippen molar-refractivity contribution in [2.75, 3.05) is 29.2 Å². The molecule has 0 unspecified atom stereocenters. The summed E-state index contributed by atoms with van der Waals surface area (Å²) < 4.78 is 0. The summed E-state index contributed by atoms with van der Waals surface area (Å²) in [5.41, 5.74) is 13.7. The molecule has 0 saturated carbocycles. The highest BCUT2D eigenvalue weighted by atomic mass is 32.2. The fourth-order valence-electron chi connectivity index (χ4n) is 5.29. The quantitative estimate of drug-likeness (QED) is 0.0862. The lowest BCUT2D eigenvalue weighted by Crippen LogP contribution is -2.41. The Balaban J connectivity index is 0.000000281. The summed E-state index contributed by atoms with van der Waals surface area (Å²) in [7, 11) is 1.82. The highest BCUT2D eigenvalue weighted by molar-refractivity contribution is 8.00. The van der Waals surface area contributed by atoms with Gasteiger partial charge in [-0.3, -0.25) is 14.4 Å². The van der Waals surface area contributed by atoms with Crippen LogP contribution in [0.3, 0.4) is 0 Å². The molecule has 2 aromatic heterocycles. The zero-order valence-electron chi connectivity index (χ0n) is 26.5. The van der Waals surface area contributed by atoms with Crippen LogP contribution >= 0.6 is 11.8 Å². The van der Waals surface area contributed by atoms with Crippen molar-refractivity contribution in [2.24, 2.45) is 0 Å². The number of urea groups is 1. The van der Waals surface area contributed by atoms with E-state index in [2.05, 4.69) is 35.9 Å². The van der Waals surface area contributed by atoms with Gasteiger partial charge in [-0.2, -0.15) is 21.7 Å². The Labute approximate surface area is 284 Å². The van der Waals surface area contributed by atoms with Crippen LogP contribution in [0.25, 0.3) is 11.2 Å². The number of unbranched alkanes of at least 4 members (excludes halogenated alkanes) is 1. The van der Waals surface area contributed by atoms with Gasteiger partial charge in [0.05, 0.1) is 30.5 Å². The molecule has 0 spiro atoms. The van der Waals surface area contributed by atoms with Gasteiger partial charge in [0.2, 0.25) is 5.95 Å². The molecule has 5 rings (SSSR count). The molecule has 4 atom stereocenters. The Morgan fingerprint density at radius 2 is 1.73 bits per heavy atom. The van der Waals surface area contributed by atoms with E-state index >= 15 is 0 Å². The first-order valence-corrected chi connectivity index (χ1v) is 16.4. The van der Waals surface area contributed by atoms with Gasteiger partial charge in [-0.1, -0.05) is 6.42 Å². The third-order valence-electron chi connectivity index (χ3n) is 7.79. The summed E-state index contributed by atoms with van der Waals surface area (Å²) in [4.78, 5) is 74.2. The monoisotopic (exact) mass is 698 g/mol. The zero-order chi connectivity index (χ0) is 35.7. The summed E-state index contributed by atoms with van der Waals surface area (Å²) in [5.74, 6) is -2.67. The number of carbonyl (C=O) groups is 5. The molecule has 4 heterocycles. The molecule has 1 aromatic carbocycles. The van der Waals surface area contributed by atoms with E-state index in [4.69, 9.17) is 21.7 Å². The number of benzene rings is 1. The average molecular weight is 699 g/mol. The SMILES string of the molecule is CN(Cc1cnc2nc(N)nc(N)c2n1)c1ccc(C(=O)N[C@@H](CCC(=O)O)C(=O)O)cc1.O=C(O)CCCC[C@@H]1SC[C@@H]2NC(=O)N[C@@H]21. The van der Waals surface area contributed by atoms with Crippen molar-refractivity contribution in [1.82, 2.24) is 35.9 Å². The van der Waals surface area contributed by atoms with Gasteiger partial charge in [0.25, 0.3) is 5.91 Å². The Hall–Kier alpha value is -5.46. The van der Waals surface area contributed by atoms with Gasteiger partial charge >= 0.3 is 23.9 Å². The van der Waals surface area contributed by atoms with Crippen LogP contribution in [0, 0.1) is 0 Å². The number of aliphatic carboxylic acids is 3. The second-order valence-electron chi connectivity index (χ2n) is 11.5. The number of fused-ring (bicyclic) bond motifs is 2. The number of hydrogen-bond acceptors (Lipinski definition) is 13. The Morgan fingerprint density at radius 3 is 2.41 bits per heavy atom. The molecule has 0 radical (unpaired) electrons. The van der Waals surface area contributed by atoms with Gasteiger partial charge in [-0.05, 0) is 43.5 Å². The molecule has 19 heteroatoms. The molecule has 262 valence electrons. The van der Waals surface area contributed by atoms with Crippen LogP contribution in [-0.2, 0) is 20.9 Å². The van der Waals surface area contributed by atoms with E-state index in [9.17, 15) is 29.1 Å². The minimum absolute atomic E-state index is 0.0138. The largest absolute Gasteiger partial charge is 0.481 e. The van der Waals surface area contributed by atoms with Crippen LogP contribution in [0.15, 0.2) is 30.5 Å². The van der Waals surface area contributed by atoms with E-state index in [0.29, 0.717) is 28.7 Å². The van der Waals surface area contributed by atoms with Gasteiger partial charge in [-0.15, -0.1) is 0 Å². The van der Waals surface area contributed by atoms with E-state index < -0.39 is 29.9 Å². The maximum absolute atomic E-state index is 12.4. The minimum Gasteiger partial charge on any atom is -0.481 e. The standard InChI is InChI=1S/C20H22N8O5.C10H16N2O3S/c1-28(9-11-8-23-17-15(24-11)16(21)26-20(22)27-17)12-4-2-10(3-5-12)18(31)25-13(19(32)33)6-7-14(29)30;13-8(14)4-2-1-3-7-9-6(5-16-7)11-10(15)12-9/h2-5,8,13H,6-7,9H2,1H3,(H,25,31)(H,29,30)(H,32,33)(H4,21,22,23,26,27);6-7,9H,1-5H2,(H,13,14)(H2,11,12,15)/t13-;6-,7-,9-/m00/s1. The topological polar surface area (TPSA) is 289 Å². The number of aromatic nitrogens is 4. The van der Waals surface area contributed by atoms with Crippen LogP contribution in [0.1, 0.15) is 54.6 Å². The van der Waals surface area contributed by atoms with Gasteiger partial charge < -0.3 is 47.6 Å². The molecule has 2 aliphatic heterocycles. The van der Waals surface area contributed by atoms with Crippen molar-refractivity contribution >= 4 is 70.2 Å². The number of rotatable bonds is 14. The highest BCUT2D eigenvalue weighted by Crippen LogP contribution is 2.33. The summed E-state index contributed by atoms with van der Waals surface area (Å²) in [5, 5.41) is 35.0. The van der Waals surface area contributed by atoms with Gasteiger partial charge in [0.1, 0.15) is 6.04 Å². The smallest absolute Gasteiger partial charge is 0.326 e. The number of nitrogens with zero attached hydrogens (tertiary/aromatic N) is 5. The summed E-state index contributed by atoms with van der Waals surface area (Å²) >= 11 is 1.87. The number of nitrogens with one attached hydrogen (secondary N) is 3. The van der Waals surface area contributed by atoms with Crippen molar-refractivity contribution in [3.8, 4) is 0 Å². The average Bonchev–Trinajstić information content (AvgIpc) is 3.60. The summed E-state index contributed by atoms with van der Waals surface area (Å²) in [6, 6.07) is 5.60. The highest BCUT2D eigenvalue weighted by Gasteiger charge is 2.42. The van der Waals surface area contributed by atoms with Gasteiger partial charge in [0.15, 0.2) is 17.0 Å². The fraction of sp³-hybridized carbons (Fsp3) is 0.433. The zero-order valence-corrected chi connectivity index (χ0v) is 27.4. The molecule has 18 nitrogen and oxygen atoms in total. The molecular formula is C30H38N10O8S. The van der Waals surface area contributed by atoms with E-state index in [1.54, 1.807) is 18.3 Å². The number of amides is 3. The van der Waals surface area contributed by atoms with Crippen molar-refractivity contribution in [3.05, 3.63) is 41.7 Å². The van der Waals surface area contributed by atoms with E-state index in [1.165, 1.54) is 12.1 Å². The molecule has 49 heavy (non-hydrogen) atoms. The molecular weight excluding hydrogens is 660 g/mol. The third kappa shape index (κ3) is 10.3. The lowest BCUT2D eigenvalue weighted by atomic mass is 10.0. The maximum Gasteiger partial charge on any atom is 0.326 e. The third-order valence-corrected chi connectivity index (χ3v) is 9.30. The summed E-state index contributed by atoms with van der Waals surface area (Å²) in [6.07, 6.45) is 3.84. The van der Waals surface area contributed by atoms with Crippen LogP contribution in [0.5, 0.6) is 0 Å². The summed E-state index contributed by atoms with van der Waals surface area (Å²) in [6.45, 7) is 0.370. The maximum atomic E-state index is 12.4. The van der Waals surface area contributed by atoms with E-state index in [1.807, 2.05) is 23.7 Å². The van der Waals surface area contributed by atoms with Gasteiger partial charge in [0, 0.05) is 42.1 Å². The van der Waals surface area contributed by atoms with E-state index in [-0.39, 0.29) is 54.7 Å². The molecule has 2 saturated heterocycles. The van der Waals surface area contributed by atoms with Crippen molar-refractivity contribution in [1.29, 1.82) is 0 Å². The molecule has 2 aliphatic rings. The predicted octanol–water partition coefficient (Wildman–Crippen LogP) is 1.07. The van der Waals surface area contributed by atoms with Crippen molar-refractivity contribution in [3.63, 3.8) is 0 Å². The number of hydrogen-bond donors (Lipinski definition) is 8. The molecule has 3 amide bonds. The lowest BCUT2D eigenvalue weighted by Gasteiger charge is -2.19. The minimum atomic E-state index is -1.30. The van der Waals surface area contributed by atoms with Gasteiger partial charge in [-0.25, -0.2) is 19.6 Å². The van der Waals surface area contributed by atoms with E-state index in [0.717, 1.165) is 30.7 Å². The Kier molecular flexibility index (Phi) is 12.3. The Morgan fingerprint density at radius 1 is 1.02 bits per heavy atom. The number of nitrogen functional groups attached to an aromatic ring is 2. The van der Waals surface area contributed by atoms with Crippen molar-refractivity contribution in [2.45, 2.75) is 68.4 Å². The molecule has 3 aromatic rings. The first-order chi connectivity index (χ1) is 23.3. The van der Waals surface area contributed by atoms with Crippen LogP contribution in [0.4, 0.5) is 22.2 Å². The molecule has 0 bridgehead atoms. The lowest BCUT2D eigenvalue weighted by molar-refractivity contribution is -0.141. The number of nitrogens with two attached hydrogens (primary N) is 2. The number of carboxylic acid groups (broad SMARTS) is 3. The number of carboxylic acids is 3. The number of thioether (sulfide) groups is 1. The normalized spacial score (nSPS) is 18.3. The fourth-order valence-corrected chi connectivity index (χ4v) is 6.84. The van der Waals surface area contributed by atoms with Crippen molar-refractivity contribution < 1.29 is 39.3 Å². The number of anilines is 3. The second-order valence-corrected chi connectivity index (χ2v) is 12.7. The first-order valence-electron chi connectivity index (χ1n) is 15.3. The number of carbonyl (C=O) groups excluding carboxylic acids is 2. The second kappa shape index (κ2) is 16.6. The van der Waals surface area contributed by atoms with Crippen LogP contribution in [0.2, 0.25) is 0 Å². The van der Waals surface area contributed by atoms with Crippen LogP contribution < -0.4 is 32.3 Å². The first kappa shape index (κ1) is 36.4. The molecule has 10 N–H and O–H groups in total. The molecule has 2 fully saturated rings. The predicted molar refractivity (Wildman–Crippen MR) is 180 cm³/mol. The molecule has 0 aliphatic carbocycles. The van der Waals surface area contributed by atoms with Crippen LogP contribution in [-0.4, -0.2) is 101 Å². The Bertz CT molecular complexity index is 1700.